The van der Waals surface area contributed by atoms with E-state index in [1.54, 1.807) is 24.3 Å². The molecule has 0 saturated heterocycles. The number of halogens is 2. The maximum atomic E-state index is 12.2. The molecule has 3 aromatic carbocycles. The topological polar surface area (TPSA) is 85.3 Å². The summed E-state index contributed by atoms with van der Waals surface area (Å²) in [4.78, 5) is 28.5. The predicted molar refractivity (Wildman–Crippen MR) is 127 cm³/mol. The number of fused-ring (bicyclic) bond motifs is 1. The van der Waals surface area contributed by atoms with Crippen molar-refractivity contribution < 1.29 is 29.0 Å². The summed E-state index contributed by atoms with van der Waals surface area (Å²) in [5, 5.41) is 11.5. The third kappa shape index (κ3) is 5.80. The minimum absolute atomic E-state index is 0.111. The molecule has 34 heavy (non-hydrogen) atoms. The summed E-state index contributed by atoms with van der Waals surface area (Å²) < 4.78 is 10.5. The third-order valence-corrected chi connectivity index (χ3v) is 6.00. The Labute approximate surface area is 206 Å². The Morgan fingerprint density at radius 2 is 1.71 bits per heavy atom. The van der Waals surface area contributed by atoms with E-state index in [9.17, 15) is 9.59 Å². The van der Waals surface area contributed by atoms with E-state index in [-0.39, 0.29) is 13.2 Å². The summed E-state index contributed by atoms with van der Waals surface area (Å²) in [6.45, 7) is 0.376. The van der Waals surface area contributed by atoms with Gasteiger partial charge in [-0.15, -0.1) is 5.06 Å². The van der Waals surface area contributed by atoms with Gasteiger partial charge in [0.05, 0.1) is 6.54 Å². The molecule has 0 aromatic heterocycles. The molecule has 0 amide bonds. The number of rotatable bonds is 7. The van der Waals surface area contributed by atoms with Crippen molar-refractivity contribution in [1.29, 1.82) is 0 Å². The first-order valence-corrected chi connectivity index (χ1v) is 11.2. The number of hydroxylamine groups is 2. The fourth-order valence-corrected chi connectivity index (χ4v) is 4.22. The first kappa shape index (κ1) is 23.9. The second-order valence-corrected chi connectivity index (χ2v) is 8.42. The minimum Gasteiger partial charge on any atom is -0.482 e. The van der Waals surface area contributed by atoms with Crippen molar-refractivity contribution >= 4 is 35.3 Å². The van der Waals surface area contributed by atoms with Gasteiger partial charge in [0.1, 0.15) is 12.4 Å². The van der Waals surface area contributed by atoms with Crippen LogP contribution >= 0.6 is 23.2 Å². The Bertz CT molecular complexity index is 1200. The highest BCUT2D eigenvalue weighted by Gasteiger charge is 2.26. The normalized spacial score (nSPS) is 13.1. The molecule has 0 radical (unpaired) electrons. The fraction of sp³-hybridized carbons (Fsp3) is 0.200. The molecule has 0 spiro atoms. The first-order chi connectivity index (χ1) is 16.4. The Morgan fingerprint density at radius 1 is 0.941 bits per heavy atom. The van der Waals surface area contributed by atoms with Gasteiger partial charge in [0.2, 0.25) is 0 Å². The van der Waals surface area contributed by atoms with Crippen molar-refractivity contribution in [3.8, 4) is 16.9 Å². The average Bonchev–Trinajstić information content (AvgIpc) is 2.83. The summed E-state index contributed by atoms with van der Waals surface area (Å²) >= 11 is 12.9. The highest BCUT2D eigenvalue weighted by molar-refractivity contribution is 6.34. The van der Waals surface area contributed by atoms with Gasteiger partial charge in [-0.25, -0.2) is 9.59 Å². The van der Waals surface area contributed by atoms with Gasteiger partial charge in [-0.3, -0.25) is 0 Å². The van der Waals surface area contributed by atoms with Crippen LogP contribution in [0.15, 0.2) is 60.7 Å². The van der Waals surface area contributed by atoms with Crippen LogP contribution in [-0.4, -0.2) is 35.4 Å². The first-order valence-electron chi connectivity index (χ1n) is 10.5. The number of carboxylic acids is 1. The Kier molecular flexibility index (Phi) is 7.57. The molecular formula is C25H21Cl2NO6. The molecule has 4 rings (SSSR count). The van der Waals surface area contributed by atoms with Gasteiger partial charge in [0.15, 0.2) is 6.61 Å². The van der Waals surface area contributed by atoms with Gasteiger partial charge in [-0.05, 0) is 52.9 Å². The van der Waals surface area contributed by atoms with Gasteiger partial charge >= 0.3 is 12.1 Å². The third-order valence-electron chi connectivity index (χ3n) is 5.31. The fourth-order valence-electron chi connectivity index (χ4n) is 3.73. The Balaban J connectivity index is 1.52. The molecule has 0 fully saturated rings. The van der Waals surface area contributed by atoms with Crippen LogP contribution in [0.2, 0.25) is 10.0 Å². The number of nitrogens with zero attached hydrogens (tertiary/aromatic N) is 1. The maximum Gasteiger partial charge on any atom is 0.528 e. The Morgan fingerprint density at radius 3 is 2.47 bits per heavy atom. The summed E-state index contributed by atoms with van der Waals surface area (Å²) in [5.41, 5.74) is 4.09. The summed E-state index contributed by atoms with van der Waals surface area (Å²) in [6.07, 6.45) is -0.237. The lowest BCUT2D eigenvalue weighted by atomic mass is 9.91. The van der Waals surface area contributed by atoms with Crippen molar-refractivity contribution in [3.05, 3.63) is 87.4 Å². The highest BCUT2D eigenvalue weighted by atomic mass is 35.5. The molecule has 1 aliphatic rings. The van der Waals surface area contributed by atoms with Crippen molar-refractivity contribution in [2.24, 2.45) is 0 Å². The number of aliphatic carboxylic acids is 1. The van der Waals surface area contributed by atoms with Crippen molar-refractivity contribution in [3.63, 3.8) is 0 Å². The van der Waals surface area contributed by atoms with E-state index in [1.807, 2.05) is 36.4 Å². The molecule has 176 valence electrons. The molecular weight excluding hydrogens is 481 g/mol. The SMILES string of the molecule is O=C(O)COc1ccc(Cl)c(-c2ccc(Cl)c3c2CN(OC(=O)OCc2ccccc2)CC3)c1. The van der Waals surface area contributed by atoms with E-state index in [0.717, 1.165) is 22.3 Å². The minimum atomic E-state index is -1.08. The van der Waals surface area contributed by atoms with Gasteiger partial charge in [-0.2, -0.15) is 0 Å². The van der Waals surface area contributed by atoms with Crippen LogP contribution in [0.25, 0.3) is 11.1 Å². The van der Waals surface area contributed by atoms with Crippen LogP contribution in [0, 0.1) is 0 Å². The lowest BCUT2D eigenvalue weighted by Gasteiger charge is -2.29. The highest BCUT2D eigenvalue weighted by Crippen LogP contribution is 2.39. The second-order valence-electron chi connectivity index (χ2n) is 7.61. The number of hydrogen-bond donors (Lipinski definition) is 1. The summed E-state index contributed by atoms with van der Waals surface area (Å²) in [5.74, 6) is -0.703. The summed E-state index contributed by atoms with van der Waals surface area (Å²) in [6, 6.07) is 17.9. The lowest BCUT2D eigenvalue weighted by Crippen LogP contribution is -2.33. The van der Waals surface area contributed by atoms with E-state index in [4.69, 9.17) is 42.6 Å². The number of carbonyl (C=O) groups is 2. The van der Waals surface area contributed by atoms with E-state index in [2.05, 4.69) is 0 Å². The maximum absolute atomic E-state index is 12.2. The zero-order valence-corrected chi connectivity index (χ0v) is 19.5. The van der Waals surface area contributed by atoms with Crippen molar-refractivity contribution in [1.82, 2.24) is 5.06 Å². The molecule has 1 aliphatic heterocycles. The van der Waals surface area contributed by atoms with Crippen LogP contribution in [0.4, 0.5) is 4.79 Å². The molecule has 0 bridgehead atoms. The number of carboxylic acid groups (broad SMARTS) is 1. The van der Waals surface area contributed by atoms with Crippen LogP contribution in [0.3, 0.4) is 0 Å². The standard InChI is InChI=1S/C25H21Cl2NO6/c26-22-9-7-18(20-12-17(6-8-23(20)27)32-15-24(29)30)21-13-28(11-10-19(21)22)34-25(31)33-14-16-4-2-1-3-5-16/h1-9,12H,10-11,13-15H2,(H,29,30). The van der Waals surface area contributed by atoms with Crippen LogP contribution in [0.5, 0.6) is 5.75 Å². The van der Waals surface area contributed by atoms with Crippen LogP contribution < -0.4 is 4.74 Å². The molecule has 9 heteroatoms. The number of benzene rings is 3. The van der Waals surface area contributed by atoms with Crippen LogP contribution in [-0.2, 0) is 33.9 Å². The Hall–Kier alpha value is -3.26. The molecule has 1 N–H and O–H groups in total. The van der Waals surface area contributed by atoms with E-state index in [1.165, 1.54) is 5.06 Å². The van der Waals surface area contributed by atoms with Gasteiger partial charge in [0.25, 0.3) is 0 Å². The zero-order valence-electron chi connectivity index (χ0n) is 18.0. The number of hydrogen-bond acceptors (Lipinski definition) is 6. The number of carbonyl (C=O) groups excluding carboxylic acids is 1. The molecule has 0 unspecified atom stereocenters. The van der Waals surface area contributed by atoms with E-state index >= 15 is 0 Å². The van der Waals surface area contributed by atoms with Gasteiger partial charge < -0.3 is 19.4 Å². The monoisotopic (exact) mass is 501 g/mol. The molecule has 0 aliphatic carbocycles. The van der Waals surface area contributed by atoms with Gasteiger partial charge in [-0.1, -0.05) is 59.6 Å². The van der Waals surface area contributed by atoms with Crippen molar-refractivity contribution in [2.75, 3.05) is 13.2 Å². The zero-order chi connectivity index (χ0) is 24.1. The molecule has 7 nitrogen and oxygen atoms in total. The lowest BCUT2D eigenvalue weighted by molar-refractivity contribution is -0.139. The number of ether oxygens (including phenoxy) is 2. The second kappa shape index (κ2) is 10.8. The average molecular weight is 502 g/mol. The molecule has 0 atom stereocenters. The molecule has 1 heterocycles. The predicted octanol–water partition coefficient (Wildman–Crippen LogP) is 5.75. The van der Waals surface area contributed by atoms with Gasteiger partial charge in [0, 0.05) is 22.2 Å². The molecule has 0 saturated carbocycles. The molecule has 3 aromatic rings. The quantitative estimate of drug-likeness (QED) is 0.412. The van der Waals surface area contributed by atoms with E-state index in [0.29, 0.717) is 34.3 Å². The van der Waals surface area contributed by atoms with Crippen molar-refractivity contribution in [2.45, 2.75) is 19.6 Å². The van der Waals surface area contributed by atoms with Crippen LogP contribution in [0.1, 0.15) is 16.7 Å². The largest absolute Gasteiger partial charge is 0.528 e. The summed E-state index contributed by atoms with van der Waals surface area (Å²) in [7, 11) is 0. The van der Waals surface area contributed by atoms with E-state index < -0.39 is 18.7 Å². The smallest absolute Gasteiger partial charge is 0.482 e.